The average Bonchev–Trinajstić information content (AvgIpc) is 3.25. The van der Waals surface area contributed by atoms with Crippen LogP contribution in [0.3, 0.4) is 0 Å². The minimum atomic E-state index is -4.57. The largest absolute Gasteiger partial charge is 0.438 e. The van der Waals surface area contributed by atoms with Crippen molar-refractivity contribution in [3.8, 4) is 11.6 Å². The van der Waals surface area contributed by atoms with E-state index in [1.807, 2.05) is 0 Å². The molecule has 4 rings (SSSR count). The number of benzene rings is 2. The van der Waals surface area contributed by atoms with Gasteiger partial charge in [-0.1, -0.05) is 12.1 Å². The summed E-state index contributed by atoms with van der Waals surface area (Å²) in [5, 5.41) is 14.9. The third kappa shape index (κ3) is 6.22. The number of fused-ring (bicyclic) bond motifs is 1. The summed E-state index contributed by atoms with van der Waals surface area (Å²) in [6.07, 6.45) is -3.18. The number of anilines is 2. The topological polar surface area (TPSA) is 150 Å². The van der Waals surface area contributed by atoms with E-state index in [1.54, 1.807) is 37.3 Å². The zero-order chi connectivity index (χ0) is 27.4. The van der Waals surface area contributed by atoms with E-state index in [9.17, 15) is 22.8 Å². The van der Waals surface area contributed by atoms with Gasteiger partial charge in [-0.15, -0.1) is 5.10 Å². The Morgan fingerprint density at radius 3 is 2.53 bits per heavy atom. The van der Waals surface area contributed by atoms with Crippen LogP contribution in [-0.2, 0) is 11.0 Å². The number of aromatic nitrogens is 3. The number of hydrogen-bond acceptors (Lipinski definition) is 8. The van der Waals surface area contributed by atoms with E-state index in [-0.39, 0.29) is 27.9 Å². The molecule has 2 amide bonds. The third-order valence-corrected chi connectivity index (χ3v) is 5.73. The van der Waals surface area contributed by atoms with Crippen molar-refractivity contribution in [1.82, 2.24) is 14.6 Å². The molecule has 0 fully saturated rings. The van der Waals surface area contributed by atoms with Crippen molar-refractivity contribution in [1.29, 1.82) is 0 Å². The minimum Gasteiger partial charge on any atom is -0.438 e. The smallest absolute Gasteiger partial charge is 0.416 e. The van der Waals surface area contributed by atoms with Crippen LogP contribution in [0.5, 0.6) is 11.6 Å². The standard InChI is InChI=1S/C24H20F3N7O3S/c1-13(28)21(38-29)23(36)30-16-6-3-7-17(11-16)37-20-9-8-19-31-18(12-34(19)33-20)32-22(35)14-4-2-5-15(10-14)24(25,26)27/h2-12H,28-29H2,1H3,(H,30,36)(H,32,35)/b21-13-. The first-order valence-electron chi connectivity index (χ1n) is 10.8. The molecule has 2 aromatic carbocycles. The molecule has 2 heterocycles. The Kier molecular flexibility index (Phi) is 7.55. The Balaban J connectivity index is 1.47. The van der Waals surface area contributed by atoms with Gasteiger partial charge in [0.25, 0.3) is 11.8 Å². The maximum atomic E-state index is 12.9. The molecular weight excluding hydrogens is 523 g/mol. The van der Waals surface area contributed by atoms with Crippen molar-refractivity contribution in [3.05, 3.63) is 88.6 Å². The van der Waals surface area contributed by atoms with E-state index in [2.05, 4.69) is 20.7 Å². The monoisotopic (exact) mass is 543 g/mol. The molecule has 0 aliphatic heterocycles. The van der Waals surface area contributed by atoms with Crippen LogP contribution in [0.2, 0.25) is 0 Å². The van der Waals surface area contributed by atoms with E-state index < -0.39 is 23.6 Å². The molecule has 10 nitrogen and oxygen atoms in total. The first-order valence-corrected chi connectivity index (χ1v) is 11.7. The maximum absolute atomic E-state index is 12.9. The summed E-state index contributed by atoms with van der Waals surface area (Å²) in [6.45, 7) is 1.56. The molecular formula is C24H20F3N7O3S. The van der Waals surface area contributed by atoms with Gasteiger partial charge < -0.3 is 21.1 Å². The number of halogens is 3. The summed E-state index contributed by atoms with van der Waals surface area (Å²) in [7, 11) is 0. The number of alkyl halides is 3. The van der Waals surface area contributed by atoms with Gasteiger partial charge in [0.05, 0.1) is 11.8 Å². The molecule has 0 saturated heterocycles. The van der Waals surface area contributed by atoms with Gasteiger partial charge in [-0.2, -0.15) is 13.2 Å². The quantitative estimate of drug-likeness (QED) is 0.196. The lowest BCUT2D eigenvalue weighted by Crippen LogP contribution is -2.17. The summed E-state index contributed by atoms with van der Waals surface area (Å²) >= 11 is 0.740. The van der Waals surface area contributed by atoms with Crippen molar-refractivity contribution in [2.45, 2.75) is 13.1 Å². The molecule has 0 aliphatic carbocycles. The van der Waals surface area contributed by atoms with E-state index in [1.165, 1.54) is 22.8 Å². The molecule has 0 atom stereocenters. The zero-order valence-corrected chi connectivity index (χ0v) is 20.4. The lowest BCUT2D eigenvalue weighted by atomic mass is 10.1. The van der Waals surface area contributed by atoms with Crippen molar-refractivity contribution >= 4 is 40.9 Å². The number of carbonyl (C=O) groups is 2. The summed E-state index contributed by atoms with van der Waals surface area (Å²) in [5.74, 6) is -0.607. The lowest BCUT2D eigenvalue weighted by Gasteiger charge is -2.10. The van der Waals surface area contributed by atoms with Gasteiger partial charge in [0.2, 0.25) is 5.88 Å². The zero-order valence-electron chi connectivity index (χ0n) is 19.6. The molecule has 2 aromatic heterocycles. The molecule has 0 saturated carbocycles. The molecule has 0 bridgehead atoms. The van der Waals surface area contributed by atoms with Crippen molar-refractivity contribution in [3.63, 3.8) is 0 Å². The molecule has 0 spiro atoms. The number of allylic oxidation sites excluding steroid dienone is 1. The summed E-state index contributed by atoms with van der Waals surface area (Å²) < 4.78 is 46.0. The highest BCUT2D eigenvalue weighted by Crippen LogP contribution is 2.30. The van der Waals surface area contributed by atoms with Crippen molar-refractivity contribution in [2.75, 3.05) is 10.6 Å². The lowest BCUT2D eigenvalue weighted by molar-refractivity contribution is -0.137. The Bertz CT molecular complexity index is 1550. The first kappa shape index (κ1) is 26.5. The molecule has 0 aliphatic rings. The summed E-state index contributed by atoms with van der Waals surface area (Å²) in [5.41, 5.74) is 5.64. The van der Waals surface area contributed by atoms with Crippen LogP contribution in [-0.4, -0.2) is 26.4 Å². The highest BCUT2D eigenvalue weighted by molar-refractivity contribution is 8.01. The number of imidazole rings is 1. The summed E-state index contributed by atoms with van der Waals surface area (Å²) in [4.78, 5) is 29.2. The van der Waals surface area contributed by atoms with E-state index in [0.29, 0.717) is 17.1 Å². The number of nitrogens with zero attached hydrogens (tertiary/aromatic N) is 3. The number of amides is 2. The Morgan fingerprint density at radius 2 is 1.82 bits per heavy atom. The fraction of sp³-hybridized carbons (Fsp3) is 0.0833. The number of hydrogen-bond donors (Lipinski definition) is 4. The molecule has 0 unspecified atom stereocenters. The molecule has 38 heavy (non-hydrogen) atoms. The van der Waals surface area contributed by atoms with Crippen LogP contribution in [0.1, 0.15) is 22.8 Å². The second-order valence-corrected chi connectivity index (χ2v) is 8.49. The maximum Gasteiger partial charge on any atom is 0.416 e. The van der Waals surface area contributed by atoms with E-state index in [4.69, 9.17) is 15.6 Å². The Hall–Kier alpha value is -4.56. The minimum absolute atomic E-state index is 0.0820. The van der Waals surface area contributed by atoms with Crippen LogP contribution in [0.15, 0.2) is 77.5 Å². The number of ether oxygens (including phenoxy) is 1. The van der Waals surface area contributed by atoms with Crippen LogP contribution in [0.4, 0.5) is 24.7 Å². The fourth-order valence-corrected chi connectivity index (χ4v) is 3.62. The van der Waals surface area contributed by atoms with Crippen LogP contribution < -0.4 is 26.2 Å². The van der Waals surface area contributed by atoms with Crippen molar-refractivity contribution < 1.29 is 27.5 Å². The molecule has 6 N–H and O–H groups in total. The number of nitrogens with one attached hydrogen (secondary N) is 2. The summed E-state index contributed by atoms with van der Waals surface area (Å²) in [6, 6.07) is 13.7. The van der Waals surface area contributed by atoms with Crippen LogP contribution in [0.25, 0.3) is 5.65 Å². The van der Waals surface area contributed by atoms with Gasteiger partial charge in [-0.25, -0.2) is 9.50 Å². The Morgan fingerprint density at radius 1 is 1.05 bits per heavy atom. The van der Waals surface area contributed by atoms with Gasteiger partial charge in [0, 0.05) is 29.1 Å². The van der Waals surface area contributed by atoms with E-state index in [0.717, 1.165) is 30.1 Å². The van der Waals surface area contributed by atoms with Gasteiger partial charge in [-0.05, 0) is 55.3 Å². The molecule has 0 radical (unpaired) electrons. The number of rotatable bonds is 7. The first-order chi connectivity index (χ1) is 18.0. The molecule has 14 heteroatoms. The van der Waals surface area contributed by atoms with Gasteiger partial charge in [0.1, 0.15) is 10.7 Å². The molecule has 196 valence electrons. The van der Waals surface area contributed by atoms with Crippen LogP contribution >= 0.6 is 11.9 Å². The highest BCUT2D eigenvalue weighted by Gasteiger charge is 2.31. The molecule has 4 aromatic rings. The van der Waals surface area contributed by atoms with Gasteiger partial charge >= 0.3 is 6.18 Å². The van der Waals surface area contributed by atoms with Crippen molar-refractivity contribution in [2.24, 2.45) is 10.9 Å². The number of nitrogens with two attached hydrogens (primary N) is 2. The average molecular weight is 544 g/mol. The van der Waals surface area contributed by atoms with Gasteiger partial charge in [0.15, 0.2) is 11.5 Å². The van der Waals surface area contributed by atoms with E-state index >= 15 is 0 Å². The highest BCUT2D eigenvalue weighted by atomic mass is 32.2. The number of carbonyl (C=O) groups excluding carboxylic acids is 2. The normalized spacial score (nSPS) is 12.1. The predicted molar refractivity (Wildman–Crippen MR) is 136 cm³/mol. The second-order valence-electron chi connectivity index (χ2n) is 7.85. The predicted octanol–water partition coefficient (Wildman–Crippen LogP) is 4.53. The Labute approximate surface area is 218 Å². The third-order valence-electron chi connectivity index (χ3n) is 4.99. The van der Waals surface area contributed by atoms with Crippen LogP contribution in [0, 0.1) is 0 Å². The SMILES string of the molecule is C/C(N)=C(/SN)C(=O)Nc1cccc(Oc2ccc3nc(NC(=O)c4cccc(C(F)(F)F)c4)cn3n2)c1. The van der Waals surface area contributed by atoms with Gasteiger partial charge in [-0.3, -0.25) is 14.7 Å². The second kappa shape index (κ2) is 10.8. The fourth-order valence-electron chi connectivity index (χ4n) is 3.28.